The van der Waals surface area contributed by atoms with Crippen LogP contribution in [0, 0.1) is 13.8 Å². The first-order valence-electron chi connectivity index (χ1n) is 5.19. The molecule has 3 aromatic rings. The largest absolute Gasteiger partial charge is 0.360 e. The third-order valence-corrected chi connectivity index (χ3v) is 3.08. The number of fused-ring (bicyclic) bond motifs is 1. The zero-order valence-electron chi connectivity index (χ0n) is 9.67. The lowest BCUT2D eigenvalue weighted by molar-refractivity contribution is 0.102. The van der Waals surface area contributed by atoms with Crippen molar-refractivity contribution >= 4 is 28.0 Å². The molecule has 3 heterocycles. The quantitative estimate of drug-likeness (QED) is 0.759. The Hall–Kier alpha value is -2.22. The molecule has 7 nitrogen and oxygen atoms in total. The minimum Gasteiger partial charge on any atom is -0.360 e. The lowest BCUT2D eigenvalue weighted by Gasteiger charge is -1.95. The smallest absolute Gasteiger partial charge is 0.277 e. The molecule has 3 aromatic heterocycles. The number of nitrogens with one attached hydrogen (secondary N) is 1. The molecule has 0 aromatic carbocycles. The number of aryl methyl sites for hydroxylation is 2. The summed E-state index contributed by atoms with van der Waals surface area (Å²) in [7, 11) is 0. The van der Waals surface area contributed by atoms with Gasteiger partial charge in [0, 0.05) is 6.07 Å². The highest BCUT2D eigenvalue weighted by molar-refractivity contribution is 7.16. The number of carbonyl (C=O) groups is 1. The van der Waals surface area contributed by atoms with Crippen molar-refractivity contribution in [3.8, 4) is 0 Å². The number of aromatic nitrogens is 4. The van der Waals surface area contributed by atoms with Crippen LogP contribution in [0.5, 0.6) is 0 Å². The first kappa shape index (κ1) is 10.9. The van der Waals surface area contributed by atoms with Crippen LogP contribution in [0.2, 0.25) is 0 Å². The van der Waals surface area contributed by atoms with Crippen LogP contribution in [0.25, 0.3) is 4.96 Å². The van der Waals surface area contributed by atoms with E-state index in [1.54, 1.807) is 23.7 Å². The second-order valence-corrected chi connectivity index (χ2v) is 4.91. The number of hydrogen-bond acceptors (Lipinski definition) is 6. The molecule has 8 heteroatoms. The molecular weight excluding hydrogens is 254 g/mol. The van der Waals surface area contributed by atoms with Crippen molar-refractivity contribution in [1.29, 1.82) is 0 Å². The monoisotopic (exact) mass is 263 g/mol. The highest BCUT2D eigenvalue weighted by Gasteiger charge is 2.14. The van der Waals surface area contributed by atoms with Crippen molar-refractivity contribution in [2.24, 2.45) is 0 Å². The number of imidazole rings is 1. The van der Waals surface area contributed by atoms with Crippen molar-refractivity contribution in [3.63, 3.8) is 0 Å². The van der Waals surface area contributed by atoms with Crippen molar-refractivity contribution in [3.05, 3.63) is 28.7 Å². The Morgan fingerprint density at radius 2 is 2.33 bits per heavy atom. The predicted molar refractivity (Wildman–Crippen MR) is 64.8 cm³/mol. The fourth-order valence-electron chi connectivity index (χ4n) is 1.51. The Kier molecular flexibility index (Phi) is 2.37. The van der Waals surface area contributed by atoms with Crippen LogP contribution in [0.15, 0.2) is 16.8 Å². The van der Waals surface area contributed by atoms with Crippen molar-refractivity contribution in [2.75, 3.05) is 5.32 Å². The van der Waals surface area contributed by atoms with Crippen LogP contribution in [0.1, 0.15) is 21.3 Å². The predicted octanol–water partition coefficient (Wildman–Crippen LogP) is 1.65. The van der Waals surface area contributed by atoms with E-state index in [4.69, 9.17) is 4.52 Å². The average Bonchev–Trinajstić information content (AvgIpc) is 2.92. The molecule has 0 radical (unpaired) electrons. The van der Waals surface area contributed by atoms with Crippen LogP contribution in [-0.2, 0) is 0 Å². The maximum Gasteiger partial charge on any atom is 0.277 e. The second-order valence-electron chi connectivity index (χ2n) is 3.75. The van der Waals surface area contributed by atoms with E-state index in [0.29, 0.717) is 22.2 Å². The average molecular weight is 263 g/mol. The van der Waals surface area contributed by atoms with Gasteiger partial charge in [0.05, 0.1) is 6.20 Å². The Balaban J connectivity index is 1.85. The Morgan fingerprint density at radius 3 is 3.00 bits per heavy atom. The topological polar surface area (TPSA) is 85.3 Å². The zero-order valence-corrected chi connectivity index (χ0v) is 10.5. The van der Waals surface area contributed by atoms with E-state index in [1.165, 1.54) is 11.3 Å². The maximum atomic E-state index is 11.9. The summed E-state index contributed by atoms with van der Waals surface area (Å²) in [6.07, 6.45) is 1.58. The maximum absolute atomic E-state index is 11.9. The van der Waals surface area contributed by atoms with Gasteiger partial charge in [0.15, 0.2) is 5.82 Å². The van der Waals surface area contributed by atoms with Crippen LogP contribution in [0.3, 0.4) is 0 Å². The number of rotatable bonds is 2. The van der Waals surface area contributed by atoms with Crippen LogP contribution >= 0.6 is 11.3 Å². The molecule has 92 valence electrons. The third-order valence-electron chi connectivity index (χ3n) is 2.25. The van der Waals surface area contributed by atoms with Gasteiger partial charge in [-0.05, 0) is 13.8 Å². The van der Waals surface area contributed by atoms with E-state index in [-0.39, 0.29) is 5.91 Å². The highest BCUT2D eigenvalue weighted by Crippen LogP contribution is 2.14. The number of anilines is 1. The van der Waals surface area contributed by atoms with E-state index in [2.05, 4.69) is 20.6 Å². The van der Waals surface area contributed by atoms with Gasteiger partial charge in [0.1, 0.15) is 16.5 Å². The molecule has 1 N–H and O–H groups in total. The van der Waals surface area contributed by atoms with E-state index in [9.17, 15) is 4.79 Å². The van der Waals surface area contributed by atoms with Crippen LogP contribution in [-0.4, -0.2) is 25.7 Å². The molecular formula is C10H9N5O2S. The minimum absolute atomic E-state index is 0.300. The summed E-state index contributed by atoms with van der Waals surface area (Å²) in [5, 5.41) is 11.4. The third kappa shape index (κ3) is 1.86. The lowest BCUT2D eigenvalue weighted by atomic mass is 10.4. The number of amides is 1. The minimum atomic E-state index is -0.335. The fraction of sp³-hybridized carbons (Fsp3) is 0.200. The first-order valence-corrected chi connectivity index (χ1v) is 6.01. The van der Waals surface area contributed by atoms with Gasteiger partial charge in [0.25, 0.3) is 5.91 Å². The van der Waals surface area contributed by atoms with Gasteiger partial charge in [-0.15, -0.1) is 0 Å². The molecule has 0 bridgehead atoms. The summed E-state index contributed by atoms with van der Waals surface area (Å²) in [5.41, 5.74) is 0.300. The summed E-state index contributed by atoms with van der Waals surface area (Å²) >= 11 is 1.43. The molecule has 1 amide bonds. The van der Waals surface area contributed by atoms with Gasteiger partial charge in [-0.2, -0.15) is 5.10 Å². The number of hydrogen-bond donors (Lipinski definition) is 1. The Morgan fingerprint density at radius 1 is 1.50 bits per heavy atom. The molecule has 0 aliphatic carbocycles. The molecule has 0 unspecified atom stereocenters. The molecule has 0 saturated heterocycles. The molecule has 0 saturated carbocycles. The summed E-state index contributed by atoms with van der Waals surface area (Å²) in [4.78, 5) is 16.8. The van der Waals surface area contributed by atoms with Crippen LogP contribution in [0.4, 0.5) is 5.82 Å². The number of nitrogens with zero attached hydrogens (tertiary/aromatic N) is 4. The molecule has 0 aliphatic heterocycles. The molecule has 0 fully saturated rings. The van der Waals surface area contributed by atoms with E-state index < -0.39 is 0 Å². The molecule has 0 atom stereocenters. The molecule has 0 spiro atoms. The van der Waals surface area contributed by atoms with Crippen molar-refractivity contribution in [1.82, 2.24) is 19.8 Å². The Bertz CT molecular complexity index is 694. The van der Waals surface area contributed by atoms with E-state index in [1.807, 2.05) is 6.92 Å². The normalized spacial score (nSPS) is 11.0. The first-order chi connectivity index (χ1) is 8.61. The van der Waals surface area contributed by atoms with Crippen LogP contribution < -0.4 is 5.32 Å². The second kappa shape index (κ2) is 3.91. The molecule has 18 heavy (non-hydrogen) atoms. The SMILES string of the molecule is Cc1cc(NC(=O)c2cn3nc(C)sc3n2)no1. The zero-order chi connectivity index (χ0) is 12.7. The molecule has 3 rings (SSSR count). The van der Waals surface area contributed by atoms with Gasteiger partial charge >= 0.3 is 0 Å². The van der Waals surface area contributed by atoms with E-state index >= 15 is 0 Å². The number of carbonyl (C=O) groups excluding carboxylic acids is 1. The van der Waals surface area contributed by atoms with Gasteiger partial charge in [0.2, 0.25) is 4.96 Å². The fourth-order valence-corrected chi connectivity index (χ4v) is 2.24. The van der Waals surface area contributed by atoms with E-state index in [0.717, 1.165) is 5.01 Å². The molecule has 0 aliphatic rings. The highest BCUT2D eigenvalue weighted by atomic mass is 32.1. The van der Waals surface area contributed by atoms with Crippen molar-refractivity contribution < 1.29 is 9.32 Å². The summed E-state index contributed by atoms with van der Waals surface area (Å²) in [6.45, 7) is 3.64. The Labute approximate surface area is 105 Å². The summed E-state index contributed by atoms with van der Waals surface area (Å²) in [5.74, 6) is 0.671. The van der Waals surface area contributed by atoms with Gasteiger partial charge < -0.3 is 9.84 Å². The van der Waals surface area contributed by atoms with Gasteiger partial charge in [-0.25, -0.2) is 9.50 Å². The van der Waals surface area contributed by atoms with Gasteiger partial charge in [-0.1, -0.05) is 16.5 Å². The lowest BCUT2D eigenvalue weighted by Crippen LogP contribution is -2.12. The standard InChI is InChI=1S/C10H9N5O2S/c1-5-3-8(14-17-5)12-9(16)7-4-15-10(11-7)18-6(2)13-15/h3-4H,1-2H3,(H,12,14,16). The van der Waals surface area contributed by atoms with Crippen molar-refractivity contribution in [2.45, 2.75) is 13.8 Å². The van der Waals surface area contributed by atoms with Gasteiger partial charge in [-0.3, -0.25) is 4.79 Å². The summed E-state index contributed by atoms with van der Waals surface area (Å²) in [6, 6.07) is 1.64. The summed E-state index contributed by atoms with van der Waals surface area (Å²) < 4.78 is 6.45.